The van der Waals surface area contributed by atoms with Gasteiger partial charge in [0.2, 0.25) is 0 Å². The van der Waals surface area contributed by atoms with Crippen LogP contribution in [0.5, 0.6) is 0 Å². The third-order valence-electron chi connectivity index (χ3n) is 2.76. The first-order valence-electron chi connectivity index (χ1n) is 5.69. The molecule has 0 atom stereocenters. The number of hydrogen-bond donors (Lipinski definition) is 0. The van der Waals surface area contributed by atoms with Gasteiger partial charge >= 0.3 is 0 Å². The van der Waals surface area contributed by atoms with Crippen molar-refractivity contribution in [2.75, 3.05) is 0 Å². The number of carbonyl (C=O) groups is 1. The van der Waals surface area contributed by atoms with Crippen LogP contribution in [0.2, 0.25) is 0 Å². The summed E-state index contributed by atoms with van der Waals surface area (Å²) in [5.41, 5.74) is 0.855. The van der Waals surface area contributed by atoms with E-state index in [1.54, 1.807) is 0 Å². The second-order valence-electron chi connectivity index (χ2n) is 4.12. The molecule has 0 saturated carbocycles. The van der Waals surface area contributed by atoms with Gasteiger partial charge in [0.05, 0.1) is 9.40 Å². The minimum absolute atomic E-state index is 0.0341. The van der Waals surface area contributed by atoms with E-state index in [0.717, 1.165) is 0 Å². The number of Topliss-reactive ketones (excluding diaryl/α,β-unsaturated/α-hetero) is 1. The Hall–Kier alpha value is -2.08. The van der Waals surface area contributed by atoms with Crippen molar-refractivity contribution in [3.05, 3.63) is 74.0 Å². The molecule has 20 heavy (non-hydrogen) atoms. The molecular weight excluding hydrogens is 329 g/mol. The maximum Gasteiger partial charge on any atom is 0.269 e. The highest BCUT2D eigenvalue weighted by atomic mass is 79.9. The van der Waals surface area contributed by atoms with Crippen LogP contribution in [0.15, 0.2) is 46.9 Å². The van der Waals surface area contributed by atoms with E-state index in [2.05, 4.69) is 15.9 Å². The zero-order valence-corrected chi connectivity index (χ0v) is 11.8. The maximum absolute atomic E-state index is 13.3. The van der Waals surface area contributed by atoms with Crippen molar-refractivity contribution in [3.8, 4) is 0 Å². The van der Waals surface area contributed by atoms with Crippen molar-refractivity contribution in [3.63, 3.8) is 0 Å². The summed E-state index contributed by atoms with van der Waals surface area (Å²) < 4.78 is 13.5. The topological polar surface area (TPSA) is 60.2 Å². The molecule has 0 fully saturated rings. The molecule has 2 aromatic rings. The second-order valence-corrected chi connectivity index (χ2v) is 4.92. The molecule has 0 heterocycles. The Labute approximate surface area is 122 Å². The van der Waals surface area contributed by atoms with Gasteiger partial charge in [0.25, 0.3) is 5.69 Å². The van der Waals surface area contributed by atoms with E-state index in [9.17, 15) is 19.3 Å². The molecule has 0 aromatic heterocycles. The third kappa shape index (κ3) is 3.08. The van der Waals surface area contributed by atoms with Gasteiger partial charge in [0.1, 0.15) is 5.82 Å². The molecule has 4 nitrogen and oxygen atoms in total. The van der Waals surface area contributed by atoms with Crippen molar-refractivity contribution in [2.45, 2.75) is 6.42 Å². The molecule has 0 saturated heterocycles. The van der Waals surface area contributed by atoms with Crippen molar-refractivity contribution in [2.24, 2.45) is 0 Å². The van der Waals surface area contributed by atoms with E-state index in [1.807, 2.05) is 0 Å². The van der Waals surface area contributed by atoms with Crippen LogP contribution in [0.3, 0.4) is 0 Å². The lowest BCUT2D eigenvalue weighted by Crippen LogP contribution is -2.05. The molecule has 102 valence electrons. The maximum atomic E-state index is 13.3. The molecule has 0 aliphatic carbocycles. The highest BCUT2D eigenvalue weighted by Gasteiger charge is 2.14. The zero-order valence-electron chi connectivity index (χ0n) is 10.2. The quantitative estimate of drug-likeness (QED) is 0.482. The van der Waals surface area contributed by atoms with Crippen LogP contribution in [-0.2, 0) is 6.42 Å². The number of rotatable bonds is 4. The van der Waals surface area contributed by atoms with Crippen LogP contribution in [-0.4, -0.2) is 10.7 Å². The number of ketones is 1. The first kappa shape index (κ1) is 14.3. The summed E-state index contributed by atoms with van der Waals surface area (Å²) in [5.74, 6) is -0.759. The van der Waals surface area contributed by atoms with Crippen LogP contribution in [0, 0.1) is 15.9 Å². The molecule has 0 amide bonds. The van der Waals surface area contributed by atoms with E-state index < -0.39 is 10.7 Å². The van der Waals surface area contributed by atoms with Crippen molar-refractivity contribution in [1.82, 2.24) is 0 Å². The van der Waals surface area contributed by atoms with Gasteiger partial charge < -0.3 is 0 Å². The van der Waals surface area contributed by atoms with Gasteiger partial charge in [0.15, 0.2) is 5.78 Å². The number of halogens is 2. The molecule has 6 heteroatoms. The van der Waals surface area contributed by atoms with Gasteiger partial charge in [-0.25, -0.2) is 4.39 Å². The first-order chi connectivity index (χ1) is 9.49. The van der Waals surface area contributed by atoms with E-state index in [4.69, 9.17) is 0 Å². The summed E-state index contributed by atoms with van der Waals surface area (Å²) in [6, 6.07) is 9.95. The number of nitrogens with zero attached hydrogens (tertiary/aromatic N) is 1. The van der Waals surface area contributed by atoms with Gasteiger partial charge in [-0.3, -0.25) is 14.9 Å². The number of nitro benzene ring substituents is 1. The summed E-state index contributed by atoms with van der Waals surface area (Å²) in [5, 5.41) is 10.5. The van der Waals surface area contributed by atoms with Crippen LogP contribution in [0.25, 0.3) is 0 Å². The van der Waals surface area contributed by atoms with Gasteiger partial charge in [0, 0.05) is 24.1 Å². The number of non-ortho nitro benzene ring substituents is 1. The van der Waals surface area contributed by atoms with Crippen LogP contribution in [0.4, 0.5) is 10.1 Å². The van der Waals surface area contributed by atoms with Crippen LogP contribution >= 0.6 is 15.9 Å². The minimum atomic E-state index is -0.505. The number of nitro groups is 1. The fourth-order valence-corrected chi connectivity index (χ4v) is 2.22. The largest absolute Gasteiger partial charge is 0.294 e. The standard InChI is InChI=1S/C14H9BrFNO3/c15-14-11(2-1-3-12(14)16)13(18)8-9-4-6-10(7-5-9)17(19)20/h1-7H,8H2. The highest BCUT2D eigenvalue weighted by Crippen LogP contribution is 2.22. The van der Waals surface area contributed by atoms with Gasteiger partial charge in [-0.15, -0.1) is 0 Å². The molecule has 2 rings (SSSR count). The predicted molar refractivity (Wildman–Crippen MR) is 75.2 cm³/mol. The Balaban J connectivity index is 2.19. The molecule has 0 radical (unpaired) electrons. The van der Waals surface area contributed by atoms with E-state index in [-0.39, 0.29) is 27.9 Å². The van der Waals surface area contributed by atoms with Crippen molar-refractivity contribution in [1.29, 1.82) is 0 Å². The van der Waals surface area contributed by atoms with Crippen molar-refractivity contribution < 1.29 is 14.1 Å². The average Bonchev–Trinajstić information content (AvgIpc) is 2.42. The zero-order chi connectivity index (χ0) is 14.7. The Morgan fingerprint density at radius 3 is 2.45 bits per heavy atom. The smallest absolute Gasteiger partial charge is 0.269 e. The van der Waals surface area contributed by atoms with Gasteiger partial charge in [-0.1, -0.05) is 24.3 Å². The summed E-state index contributed by atoms with van der Waals surface area (Å²) in [6.07, 6.45) is 0.0556. The minimum Gasteiger partial charge on any atom is -0.294 e. The monoisotopic (exact) mass is 337 g/mol. The molecular formula is C14H9BrFNO3. The predicted octanol–water partition coefficient (Wildman–Crippen LogP) is 3.92. The van der Waals surface area contributed by atoms with Gasteiger partial charge in [-0.2, -0.15) is 0 Å². The fourth-order valence-electron chi connectivity index (χ4n) is 1.74. The summed E-state index contributed by atoms with van der Waals surface area (Å²) in [4.78, 5) is 22.1. The van der Waals surface area contributed by atoms with Gasteiger partial charge in [-0.05, 0) is 27.6 Å². The van der Waals surface area contributed by atoms with Crippen molar-refractivity contribution >= 4 is 27.4 Å². The normalized spacial score (nSPS) is 10.3. The lowest BCUT2D eigenvalue weighted by atomic mass is 10.0. The first-order valence-corrected chi connectivity index (χ1v) is 6.49. The number of benzene rings is 2. The Morgan fingerprint density at radius 2 is 1.85 bits per heavy atom. The number of carbonyl (C=O) groups excluding carboxylic acids is 1. The Kier molecular flexibility index (Phi) is 4.24. The third-order valence-corrected chi connectivity index (χ3v) is 3.57. The molecule has 0 aliphatic rings. The fraction of sp³-hybridized carbons (Fsp3) is 0.0714. The average molecular weight is 338 g/mol. The van der Waals surface area contributed by atoms with E-state index in [0.29, 0.717) is 5.56 Å². The molecule has 2 aromatic carbocycles. The highest BCUT2D eigenvalue weighted by molar-refractivity contribution is 9.10. The molecule has 0 unspecified atom stereocenters. The molecule has 0 N–H and O–H groups in total. The van der Waals surface area contributed by atoms with Crippen LogP contribution in [0.1, 0.15) is 15.9 Å². The lowest BCUT2D eigenvalue weighted by molar-refractivity contribution is -0.384. The van der Waals surface area contributed by atoms with E-state index >= 15 is 0 Å². The van der Waals surface area contributed by atoms with E-state index in [1.165, 1.54) is 42.5 Å². The summed E-state index contributed by atoms with van der Waals surface area (Å²) >= 11 is 3.04. The SMILES string of the molecule is O=C(Cc1ccc([N+](=O)[O-])cc1)c1cccc(F)c1Br. The summed E-state index contributed by atoms with van der Waals surface area (Å²) in [7, 11) is 0. The summed E-state index contributed by atoms with van der Waals surface area (Å²) in [6.45, 7) is 0. The molecule has 0 bridgehead atoms. The molecule has 0 aliphatic heterocycles. The second kappa shape index (κ2) is 5.92. The Morgan fingerprint density at radius 1 is 1.20 bits per heavy atom. The Bertz CT molecular complexity index is 671. The lowest BCUT2D eigenvalue weighted by Gasteiger charge is -2.04. The van der Waals surface area contributed by atoms with Crippen LogP contribution < -0.4 is 0 Å². The molecule has 0 spiro atoms. The number of hydrogen-bond acceptors (Lipinski definition) is 3.